The van der Waals surface area contributed by atoms with Crippen LogP contribution >= 0.6 is 15.9 Å². The van der Waals surface area contributed by atoms with Crippen LogP contribution in [0.5, 0.6) is 0 Å². The van der Waals surface area contributed by atoms with Gasteiger partial charge in [0.05, 0.1) is 12.6 Å². The van der Waals surface area contributed by atoms with E-state index in [1.165, 1.54) is 18.4 Å². The summed E-state index contributed by atoms with van der Waals surface area (Å²) in [6.07, 6.45) is 3.39. The molecular weight excluding hydrogens is 316 g/mol. The lowest BCUT2D eigenvalue weighted by atomic mass is 10.1. The van der Waals surface area contributed by atoms with Gasteiger partial charge in [0.2, 0.25) is 5.91 Å². The van der Waals surface area contributed by atoms with E-state index in [9.17, 15) is 4.79 Å². The largest absolute Gasteiger partial charge is 0.335 e. The predicted molar refractivity (Wildman–Crippen MR) is 85.6 cm³/mol. The normalized spacial score (nSPS) is 15.9. The number of hydrogen-bond donors (Lipinski definition) is 1. The molecule has 0 spiro atoms. The Morgan fingerprint density at radius 3 is 2.75 bits per heavy atom. The molecule has 0 bridgehead atoms. The molecule has 1 atom stereocenters. The van der Waals surface area contributed by atoms with Crippen LogP contribution in [0.25, 0.3) is 0 Å². The summed E-state index contributed by atoms with van der Waals surface area (Å²) < 4.78 is 1.07. The third kappa shape index (κ3) is 4.06. The molecule has 1 aliphatic rings. The van der Waals surface area contributed by atoms with Crippen molar-refractivity contribution in [2.45, 2.75) is 45.2 Å². The zero-order valence-electron chi connectivity index (χ0n) is 12.2. The minimum absolute atomic E-state index is 0.0963. The van der Waals surface area contributed by atoms with E-state index in [2.05, 4.69) is 41.2 Å². The molecule has 20 heavy (non-hydrogen) atoms. The highest BCUT2D eigenvalue weighted by molar-refractivity contribution is 9.10. The molecule has 1 fully saturated rings. The van der Waals surface area contributed by atoms with Gasteiger partial charge in [0.15, 0.2) is 0 Å². The second-order valence-corrected chi connectivity index (χ2v) is 6.29. The molecule has 0 radical (unpaired) electrons. The summed E-state index contributed by atoms with van der Waals surface area (Å²) in [5.74, 6) is 0.196. The van der Waals surface area contributed by atoms with Crippen LogP contribution in [0.3, 0.4) is 0 Å². The van der Waals surface area contributed by atoms with Gasteiger partial charge < -0.3 is 10.2 Å². The first-order chi connectivity index (χ1) is 9.63. The van der Waals surface area contributed by atoms with Crippen LogP contribution in [0.1, 0.15) is 44.7 Å². The number of hydrogen-bond acceptors (Lipinski definition) is 2. The van der Waals surface area contributed by atoms with Gasteiger partial charge in [-0.15, -0.1) is 0 Å². The fourth-order valence-corrected chi connectivity index (χ4v) is 2.99. The molecule has 2 rings (SSSR count). The van der Waals surface area contributed by atoms with Gasteiger partial charge >= 0.3 is 0 Å². The topological polar surface area (TPSA) is 32.3 Å². The highest BCUT2D eigenvalue weighted by atomic mass is 79.9. The molecule has 4 heteroatoms. The van der Waals surface area contributed by atoms with Crippen LogP contribution in [0, 0.1) is 0 Å². The van der Waals surface area contributed by atoms with Gasteiger partial charge in [-0.2, -0.15) is 0 Å². The van der Waals surface area contributed by atoms with Crippen molar-refractivity contribution in [3.8, 4) is 0 Å². The zero-order chi connectivity index (χ0) is 14.5. The Kier molecular flexibility index (Phi) is 5.61. The highest BCUT2D eigenvalue weighted by Gasteiger charge is 2.25. The molecule has 1 aliphatic carbocycles. The number of carbonyl (C=O) groups excluding carboxylic acids is 1. The number of nitrogens with zero attached hydrogens (tertiary/aromatic N) is 1. The Bertz CT molecular complexity index is 460. The minimum Gasteiger partial charge on any atom is -0.335 e. The van der Waals surface area contributed by atoms with Crippen LogP contribution < -0.4 is 5.32 Å². The summed E-state index contributed by atoms with van der Waals surface area (Å²) >= 11 is 3.58. The van der Waals surface area contributed by atoms with Crippen molar-refractivity contribution in [2.24, 2.45) is 0 Å². The van der Waals surface area contributed by atoms with Crippen LogP contribution in [0.2, 0.25) is 0 Å². The molecule has 110 valence electrons. The lowest BCUT2D eigenvalue weighted by Gasteiger charge is -2.30. The van der Waals surface area contributed by atoms with E-state index >= 15 is 0 Å². The Balaban J connectivity index is 2.05. The van der Waals surface area contributed by atoms with E-state index in [0.29, 0.717) is 12.6 Å². The van der Waals surface area contributed by atoms with Gasteiger partial charge in [-0.3, -0.25) is 4.79 Å². The zero-order valence-corrected chi connectivity index (χ0v) is 13.8. The maximum Gasteiger partial charge on any atom is 0.237 e. The number of nitrogens with one attached hydrogen (secondary N) is 1. The van der Waals surface area contributed by atoms with E-state index in [1.807, 2.05) is 23.1 Å². The van der Waals surface area contributed by atoms with Gasteiger partial charge in [0.1, 0.15) is 0 Å². The molecule has 1 N–H and O–H groups in total. The number of rotatable bonds is 7. The predicted octanol–water partition coefficient (Wildman–Crippen LogP) is 3.50. The van der Waals surface area contributed by atoms with Crippen molar-refractivity contribution in [2.75, 3.05) is 13.1 Å². The molecule has 0 heterocycles. The first-order valence-corrected chi connectivity index (χ1v) is 8.20. The van der Waals surface area contributed by atoms with E-state index in [4.69, 9.17) is 0 Å². The van der Waals surface area contributed by atoms with Gasteiger partial charge in [0, 0.05) is 17.1 Å². The first-order valence-electron chi connectivity index (χ1n) is 7.40. The van der Waals surface area contributed by atoms with Crippen molar-refractivity contribution in [1.29, 1.82) is 0 Å². The molecule has 1 saturated carbocycles. The molecule has 0 aliphatic heterocycles. The van der Waals surface area contributed by atoms with E-state index in [1.54, 1.807) is 0 Å². The number of halogens is 1. The van der Waals surface area contributed by atoms with Gasteiger partial charge in [0.25, 0.3) is 0 Å². The molecule has 1 aromatic carbocycles. The summed E-state index contributed by atoms with van der Waals surface area (Å²) in [6.45, 7) is 5.47. The fourth-order valence-electron chi connectivity index (χ4n) is 2.38. The molecular formula is C16H23BrN2O. The summed E-state index contributed by atoms with van der Waals surface area (Å²) in [4.78, 5) is 14.4. The lowest BCUT2D eigenvalue weighted by Crippen LogP contribution is -2.40. The monoisotopic (exact) mass is 338 g/mol. The first kappa shape index (κ1) is 15.5. The average Bonchev–Trinajstić information content (AvgIpc) is 3.26. The molecule has 1 unspecified atom stereocenters. The second-order valence-electron chi connectivity index (χ2n) is 5.44. The maximum atomic E-state index is 12.4. The van der Waals surface area contributed by atoms with Crippen molar-refractivity contribution < 1.29 is 4.79 Å². The summed E-state index contributed by atoms with van der Waals surface area (Å²) in [5.41, 5.74) is 1.17. The standard InChI is InChI=1S/C16H23BrN2O/c1-3-10-19(16(20)11-18-13-8-9-13)12(2)14-6-4-5-7-15(14)17/h4-7,12-13,18H,3,8-11H2,1-2H3. The lowest BCUT2D eigenvalue weighted by molar-refractivity contribution is -0.132. The smallest absolute Gasteiger partial charge is 0.237 e. The number of amides is 1. The van der Waals surface area contributed by atoms with Crippen molar-refractivity contribution >= 4 is 21.8 Å². The van der Waals surface area contributed by atoms with Gasteiger partial charge in [-0.1, -0.05) is 41.1 Å². The van der Waals surface area contributed by atoms with Crippen LogP contribution in [0.15, 0.2) is 28.7 Å². The van der Waals surface area contributed by atoms with Crippen LogP contribution in [-0.4, -0.2) is 29.9 Å². The molecule has 3 nitrogen and oxygen atoms in total. The Hall–Kier alpha value is -0.870. The Labute approximate surface area is 129 Å². The second kappa shape index (κ2) is 7.23. The van der Waals surface area contributed by atoms with Crippen LogP contribution in [0.4, 0.5) is 0 Å². The molecule has 1 amide bonds. The van der Waals surface area contributed by atoms with E-state index in [-0.39, 0.29) is 11.9 Å². The quantitative estimate of drug-likeness (QED) is 0.825. The number of benzene rings is 1. The SMILES string of the molecule is CCCN(C(=O)CNC1CC1)C(C)c1ccccc1Br. The van der Waals surface area contributed by atoms with Crippen molar-refractivity contribution in [1.82, 2.24) is 10.2 Å². The third-order valence-corrected chi connectivity index (χ3v) is 4.45. The van der Waals surface area contributed by atoms with Crippen LogP contribution in [-0.2, 0) is 4.79 Å². The minimum atomic E-state index is 0.0963. The third-order valence-electron chi connectivity index (χ3n) is 3.73. The maximum absolute atomic E-state index is 12.4. The van der Waals surface area contributed by atoms with Crippen molar-refractivity contribution in [3.63, 3.8) is 0 Å². The molecule has 1 aromatic rings. The Morgan fingerprint density at radius 2 is 2.15 bits per heavy atom. The van der Waals surface area contributed by atoms with E-state index < -0.39 is 0 Å². The molecule has 0 aromatic heterocycles. The Morgan fingerprint density at radius 1 is 1.45 bits per heavy atom. The number of carbonyl (C=O) groups is 1. The van der Waals surface area contributed by atoms with E-state index in [0.717, 1.165) is 17.4 Å². The average molecular weight is 339 g/mol. The fraction of sp³-hybridized carbons (Fsp3) is 0.562. The molecule has 0 saturated heterocycles. The van der Waals surface area contributed by atoms with Gasteiger partial charge in [-0.05, 0) is 37.8 Å². The highest BCUT2D eigenvalue weighted by Crippen LogP contribution is 2.27. The summed E-state index contributed by atoms with van der Waals surface area (Å²) in [5, 5.41) is 3.31. The summed E-state index contributed by atoms with van der Waals surface area (Å²) in [6, 6.07) is 8.80. The van der Waals surface area contributed by atoms with Crippen molar-refractivity contribution in [3.05, 3.63) is 34.3 Å². The van der Waals surface area contributed by atoms with Gasteiger partial charge in [-0.25, -0.2) is 0 Å². The summed E-state index contributed by atoms with van der Waals surface area (Å²) in [7, 11) is 0.